The Morgan fingerprint density at radius 1 is 1.05 bits per heavy atom. The number of hydrogen-bond donors (Lipinski definition) is 2. The largest absolute Gasteiger partial charge is 0.378 e. The van der Waals surface area contributed by atoms with Crippen LogP contribution in [-0.4, -0.2) is 33.7 Å². The Morgan fingerprint density at radius 3 is 2.38 bits per heavy atom. The van der Waals surface area contributed by atoms with Crippen molar-refractivity contribution in [1.29, 1.82) is 0 Å². The fraction of sp³-hybridized carbons (Fsp3) is 0.286. The first-order chi connectivity index (χ1) is 18.5. The molecule has 0 unspecified atom stereocenters. The van der Waals surface area contributed by atoms with E-state index in [-0.39, 0.29) is 39.9 Å². The number of benzene rings is 2. The van der Waals surface area contributed by atoms with E-state index < -0.39 is 22.6 Å². The van der Waals surface area contributed by atoms with Gasteiger partial charge in [-0.3, -0.25) is 28.1 Å². The number of amides is 1. The molecular weight excluding hydrogens is 503 g/mol. The van der Waals surface area contributed by atoms with Crippen molar-refractivity contribution in [1.82, 2.24) is 13.7 Å². The van der Waals surface area contributed by atoms with Gasteiger partial charge >= 0.3 is 5.69 Å². The van der Waals surface area contributed by atoms with Crippen LogP contribution in [0, 0.1) is 12.7 Å². The van der Waals surface area contributed by atoms with Crippen molar-refractivity contribution in [2.45, 2.75) is 32.7 Å². The summed E-state index contributed by atoms with van der Waals surface area (Å²) < 4.78 is 18.9. The van der Waals surface area contributed by atoms with Crippen LogP contribution in [-0.2, 0) is 11.8 Å². The number of carbonyl (C=O) groups is 1. The number of pyridine rings is 1. The lowest BCUT2D eigenvalue weighted by atomic mass is 10.1. The molecule has 10 nitrogen and oxygen atoms in total. The summed E-state index contributed by atoms with van der Waals surface area (Å²) in [5.41, 5.74) is 0.248. The molecule has 2 aromatic carbocycles. The summed E-state index contributed by atoms with van der Waals surface area (Å²) in [7, 11) is 5.08. The zero-order valence-corrected chi connectivity index (χ0v) is 22.3. The van der Waals surface area contributed by atoms with Gasteiger partial charge in [0.2, 0.25) is 5.91 Å². The predicted molar refractivity (Wildman–Crippen MR) is 150 cm³/mol. The van der Waals surface area contributed by atoms with E-state index in [1.807, 2.05) is 0 Å². The number of aromatic nitrogens is 3. The van der Waals surface area contributed by atoms with Crippen molar-refractivity contribution in [3.8, 4) is 5.69 Å². The molecule has 2 heterocycles. The summed E-state index contributed by atoms with van der Waals surface area (Å²) in [6.45, 7) is 2.92. The summed E-state index contributed by atoms with van der Waals surface area (Å²) in [4.78, 5) is 54.6. The molecule has 2 N–H and O–H groups in total. The smallest absolute Gasteiger partial charge is 0.336 e. The molecule has 0 radical (unpaired) electrons. The highest BCUT2D eigenvalue weighted by Gasteiger charge is 2.31. The molecule has 1 amide bonds. The van der Waals surface area contributed by atoms with Crippen LogP contribution in [0.3, 0.4) is 0 Å². The Labute approximate surface area is 222 Å². The summed E-state index contributed by atoms with van der Waals surface area (Å²) >= 11 is 0. The van der Waals surface area contributed by atoms with E-state index in [9.17, 15) is 19.2 Å². The minimum atomic E-state index is -0.584. The zero-order valence-electron chi connectivity index (χ0n) is 22.3. The quantitative estimate of drug-likeness (QED) is 0.394. The number of halogens is 1. The molecule has 5 rings (SSSR count). The third-order valence-corrected chi connectivity index (χ3v) is 6.90. The van der Waals surface area contributed by atoms with Gasteiger partial charge in [-0.15, -0.1) is 0 Å². The minimum absolute atomic E-state index is 0.0725. The molecule has 0 aliphatic heterocycles. The van der Waals surface area contributed by atoms with Crippen molar-refractivity contribution < 1.29 is 9.18 Å². The van der Waals surface area contributed by atoms with Crippen LogP contribution in [0.15, 0.2) is 56.8 Å². The molecular formula is C28H29FN6O4. The van der Waals surface area contributed by atoms with E-state index in [0.29, 0.717) is 29.9 Å². The molecule has 1 fully saturated rings. The van der Waals surface area contributed by atoms with E-state index in [1.54, 1.807) is 56.3 Å². The van der Waals surface area contributed by atoms with Crippen molar-refractivity contribution in [3.63, 3.8) is 0 Å². The van der Waals surface area contributed by atoms with Crippen molar-refractivity contribution >= 4 is 39.7 Å². The zero-order chi connectivity index (χ0) is 28.2. The van der Waals surface area contributed by atoms with Crippen molar-refractivity contribution in [2.24, 2.45) is 7.05 Å². The lowest BCUT2D eigenvalue weighted by Gasteiger charge is -2.21. The van der Waals surface area contributed by atoms with Gasteiger partial charge in [0.15, 0.2) is 0 Å². The summed E-state index contributed by atoms with van der Waals surface area (Å²) in [6, 6.07) is 10.9. The van der Waals surface area contributed by atoms with Gasteiger partial charge in [0.25, 0.3) is 11.1 Å². The highest BCUT2D eigenvalue weighted by Crippen LogP contribution is 2.34. The molecule has 0 spiro atoms. The monoisotopic (exact) mass is 532 g/mol. The Balaban J connectivity index is 1.86. The Bertz CT molecular complexity index is 1830. The number of anilines is 4. The maximum atomic E-state index is 15.1. The van der Waals surface area contributed by atoms with Gasteiger partial charge in [-0.05, 0) is 56.2 Å². The summed E-state index contributed by atoms with van der Waals surface area (Å²) in [6.07, 6.45) is 1.33. The van der Waals surface area contributed by atoms with Crippen molar-refractivity contribution in [3.05, 3.63) is 85.0 Å². The molecule has 202 valence electrons. The molecule has 11 heteroatoms. The maximum Gasteiger partial charge on any atom is 0.336 e. The SMILES string of the molecule is CC(=O)Nc1cccc(-n2c(=O)n(C3CC3)c(=O)c3c(Nc4ccc(N(C)C)cc4F)n(C)c(=O)c(C)c32)c1. The summed E-state index contributed by atoms with van der Waals surface area (Å²) in [5.74, 6) is -0.782. The first-order valence-electron chi connectivity index (χ1n) is 12.5. The van der Waals surface area contributed by atoms with Gasteiger partial charge in [-0.25, -0.2) is 9.18 Å². The molecule has 0 bridgehead atoms. The molecule has 0 saturated heterocycles. The highest BCUT2D eigenvalue weighted by molar-refractivity contribution is 5.94. The van der Waals surface area contributed by atoms with E-state index >= 15 is 4.39 Å². The number of nitrogens with zero attached hydrogens (tertiary/aromatic N) is 4. The third-order valence-electron chi connectivity index (χ3n) is 6.90. The third kappa shape index (κ3) is 4.49. The lowest BCUT2D eigenvalue weighted by Crippen LogP contribution is -2.41. The normalized spacial score (nSPS) is 13.0. The van der Waals surface area contributed by atoms with E-state index in [4.69, 9.17) is 0 Å². The van der Waals surface area contributed by atoms with E-state index in [2.05, 4.69) is 10.6 Å². The van der Waals surface area contributed by atoms with Crippen LogP contribution in [0.2, 0.25) is 0 Å². The van der Waals surface area contributed by atoms with Gasteiger partial charge < -0.3 is 15.5 Å². The Hall–Kier alpha value is -4.67. The molecule has 39 heavy (non-hydrogen) atoms. The van der Waals surface area contributed by atoms with Gasteiger partial charge in [-0.2, -0.15) is 0 Å². The number of nitrogens with one attached hydrogen (secondary N) is 2. The van der Waals surface area contributed by atoms with Gasteiger partial charge in [0, 0.05) is 51.0 Å². The predicted octanol–water partition coefficient (Wildman–Crippen LogP) is 3.40. The standard InChI is InChI=1S/C28H29FN6O4/c1-15-24-23(25(33(5)26(15)37)31-22-12-11-19(32(3)4)14-21(22)29)27(38)35(18-9-10-18)28(39)34(24)20-8-6-7-17(13-20)30-16(2)36/h6-8,11-14,18,31H,9-10H2,1-5H3,(H,30,36). The second-order valence-electron chi connectivity index (χ2n) is 10.0. The highest BCUT2D eigenvalue weighted by atomic mass is 19.1. The van der Waals surface area contributed by atoms with Crippen molar-refractivity contribution in [2.75, 3.05) is 29.6 Å². The lowest BCUT2D eigenvalue weighted by molar-refractivity contribution is -0.114. The number of fused-ring (bicyclic) bond motifs is 1. The average Bonchev–Trinajstić information content (AvgIpc) is 3.71. The van der Waals surface area contributed by atoms with Gasteiger partial charge in [0.05, 0.1) is 16.9 Å². The molecule has 1 aliphatic carbocycles. The molecule has 0 atom stereocenters. The van der Waals surface area contributed by atoms with E-state index in [0.717, 1.165) is 0 Å². The van der Waals surface area contributed by atoms with Gasteiger partial charge in [-0.1, -0.05) is 6.07 Å². The Kier molecular flexibility index (Phi) is 6.37. The fourth-order valence-electron chi connectivity index (χ4n) is 4.79. The van der Waals surface area contributed by atoms with Crippen LogP contribution in [0.5, 0.6) is 0 Å². The fourth-order valence-corrected chi connectivity index (χ4v) is 4.79. The first kappa shape index (κ1) is 26.0. The number of hydrogen-bond acceptors (Lipinski definition) is 6. The second kappa shape index (κ2) is 9.57. The summed E-state index contributed by atoms with van der Waals surface area (Å²) in [5, 5.41) is 5.74. The van der Waals surface area contributed by atoms with E-state index in [1.165, 1.54) is 39.8 Å². The second-order valence-corrected chi connectivity index (χ2v) is 10.0. The molecule has 2 aromatic heterocycles. The van der Waals surface area contributed by atoms with Crippen LogP contribution in [0.25, 0.3) is 16.6 Å². The minimum Gasteiger partial charge on any atom is -0.378 e. The van der Waals surface area contributed by atoms with Crippen LogP contribution >= 0.6 is 0 Å². The first-order valence-corrected chi connectivity index (χ1v) is 12.5. The number of aryl methyl sites for hydroxylation is 1. The number of carbonyl (C=O) groups excluding carboxylic acids is 1. The van der Waals surface area contributed by atoms with Crippen LogP contribution in [0.1, 0.15) is 31.4 Å². The van der Waals surface area contributed by atoms with Crippen LogP contribution < -0.4 is 32.3 Å². The topological polar surface area (TPSA) is 110 Å². The Morgan fingerprint density at radius 2 is 1.77 bits per heavy atom. The molecule has 1 aliphatic rings. The average molecular weight is 533 g/mol. The van der Waals surface area contributed by atoms with Crippen LogP contribution in [0.4, 0.5) is 27.3 Å². The number of rotatable bonds is 6. The molecule has 1 saturated carbocycles. The molecule has 4 aromatic rings. The van der Waals surface area contributed by atoms with Gasteiger partial charge in [0.1, 0.15) is 17.0 Å². The maximum absolute atomic E-state index is 15.1.